The summed E-state index contributed by atoms with van der Waals surface area (Å²) in [6, 6.07) is 2.09. The number of nitrogens with zero attached hydrogens (tertiary/aromatic N) is 2. The maximum absolute atomic E-state index is 12.5. The van der Waals surface area contributed by atoms with E-state index < -0.39 is 11.9 Å². The Kier molecular flexibility index (Phi) is 4.82. The SMILES string of the molecule is O=C(c1ccc(C(F)(F)F)nc1)N(CCCO)C1CCC1. The smallest absolute Gasteiger partial charge is 0.396 e. The Balaban J connectivity index is 2.12. The lowest BCUT2D eigenvalue weighted by molar-refractivity contribution is -0.141. The average Bonchev–Trinajstić information content (AvgIpc) is 2.39. The molecule has 4 nitrogen and oxygen atoms in total. The first-order valence-corrected chi connectivity index (χ1v) is 6.88. The molecule has 1 fully saturated rings. The second kappa shape index (κ2) is 6.43. The molecule has 1 aliphatic carbocycles. The molecule has 0 aromatic carbocycles. The van der Waals surface area contributed by atoms with Gasteiger partial charge in [-0.2, -0.15) is 13.2 Å². The maximum atomic E-state index is 12.5. The van der Waals surface area contributed by atoms with Gasteiger partial charge in [0.2, 0.25) is 0 Å². The van der Waals surface area contributed by atoms with Crippen LogP contribution < -0.4 is 0 Å². The fourth-order valence-corrected chi connectivity index (χ4v) is 2.24. The largest absolute Gasteiger partial charge is 0.433 e. The minimum Gasteiger partial charge on any atom is -0.396 e. The van der Waals surface area contributed by atoms with Crippen molar-refractivity contribution in [1.29, 1.82) is 0 Å². The van der Waals surface area contributed by atoms with E-state index in [0.29, 0.717) is 13.0 Å². The van der Waals surface area contributed by atoms with Crippen LogP contribution in [-0.2, 0) is 6.18 Å². The molecule has 0 bridgehead atoms. The lowest BCUT2D eigenvalue weighted by Gasteiger charge is -2.37. The predicted molar refractivity (Wildman–Crippen MR) is 69.6 cm³/mol. The van der Waals surface area contributed by atoms with Crippen molar-refractivity contribution in [2.45, 2.75) is 37.9 Å². The summed E-state index contributed by atoms with van der Waals surface area (Å²) in [5.74, 6) is -0.325. The van der Waals surface area contributed by atoms with Crippen molar-refractivity contribution in [3.63, 3.8) is 0 Å². The quantitative estimate of drug-likeness (QED) is 0.909. The number of amides is 1. The van der Waals surface area contributed by atoms with Crippen molar-refractivity contribution in [3.8, 4) is 0 Å². The third-order valence-corrected chi connectivity index (χ3v) is 3.63. The van der Waals surface area contributed by atoms with E-state index in [-0.39, 0.29) is 24.1 Å². The highest BCUT2D eigenvalue weighted by molar-refractivity contribution is 5.94. The molecule has 1 heterocycles. The second-order valence-electron chi connectivity index (χ2n) is 5.09. The van der Waals surface area contributed by atoms with Crippen LogP contribution in [0.4, 0.5) is 13.2 Å². The molecule has 2 rings (SSSR count). The zero-order valence-corrected chi connectivity index (χ0v) is 11.4. The molecule has 1 N–H and O–H groups in total. The summed E-state index contributed by atoms with van der Waals surface area (Å²) < 4.78 is 37.4. The van der Waals surface area contributed by atoms with Crippen molar-refractivity contribution in [2.75, 3.05) is 13.2 Å². The van der Waals surface area contributed by atoms with E-state index in [2.05, 4.69) is 4.98 Å². The van der Waals surface area contributed by atoms with E-state index >= 15 is 0 Å². The van der Waals surface area contributed by atoms with Gasteiger partial charge in [0.25, 0.3) is 5.91 Å². The summed E-state index contributed by atoms with van der Waals surface area (Å²) in [6.07, 6.45) is -0.256. The van der Waals surface area contributed by atoms with Crippen LogP contribution >= 0.6 is 0 Å². The standard InChI is InChI=1S/C14H17F3N2O2/c15-14(16,17)12-6-5-10(9-18-12)13(21)19(7-2-8-20)11-3-1-4-11/h5-6,9,11,20H,1-4,7-8H2. The van der Waals surface area contributed by atoms with Gasteiger partial charge in [-0.15, -0.1) is 0 Å². The van der Waals surface area contributed by atoms with Gasteiger partial charge in [-0.05, 0) is 37.8 Å². The molecule has 0 unspecified atom stereocenters. The highest BCUT2D eigenvalue weighted by Gasteiger charge is 2.33. The lowest BCUT2D eigenvalue weighted by Crippen LogP contribution is -2.45. The number of rotatable bonds is 5. The minimum atomic E-state index is -4.51. The molecule has 0 aliphatic heterocycles. The molecule has 1 aromatic rings. The summed E-state index contributed by atoms with van der Waals surface area (Å²) in [5, 5.41) is 8.89. The van der Waals surface area contributed by atoms with Crippen LogP contribution in [0.5, 0.6) is 0 Å². The van der Waals surface area contributed by atoms with Gasteiger partial charge in [0.1, 0.15) is 5.69 Å². The molecular formula is C14H17F3N2O2. The van der Waals surface area contributed by atoms with Crippen LogP contribution in [0.25, 0.3) is 0 Å². The van der Waals surface area contributed by atoms with E-state index in [1.54, 1.807) is 4.90 Å². The fraction of sp³-hybridized carbons (Fsp3) is 0.571. The monoisotopic (exact) mass is 302 g/mol. The minimum absolute atomic E-state index is 0.0260. The average molecular weight is 302 g/mol. The Morgan fingerprint density at radius 2 is 2.10 bits per heavy atom. The maximum Gasteiger partial charge on any atom is 0.433 e. The number of pyridine rings is 1. The Labute approximate surface area is 120 Å². The van der Waals surface area contributed by atoms with Gasteiger partial charge < -0.3 is 10.0 Å². The number of aromatic nitrogens is 1. The molecule has 7 heteroatoms. The third-order valence-electron chi connectivity index (χ3n) is 3.63. The summed E-state index contributed by atoms with van der Waals surface area (Å²) in [4.78, 5) is 17.3. The van der Waals surface area contributed by atoms with E-state index in [0.717, 1.165) is 37.6 Å². The Hall–Kier alpha value is -1.63. The van der Waals surface area contributed by atoms with E-state index in [1.807, 2.05) is 0 Å². The second-order valence-corrected chi connectivity index (χ2v) is 5.09. The number of hydrogen-bond acceptors (Lipinski definition) is 3. The number of carbonyl (C=O) groups excluding carboxylic acids is 1. The summed E-state index contributed by atoms with van der Waals surface area (Å²) in [6.45, 7) is 0.378. The Morgan fingerprint density at radius 3 is 2.52 bits per heavy atom. The van der Waals surface area contributed by atoms with Gasteiger partial charge in [-0.1, -0.05) is 0 Å². The van der Waals surface area contributed by atoms with Crippen molar-refractivity contribution in [2.24, 2.45) is 0 Å². The van der Waals surface area contributed by atoms with Gasteiger partial charge in [0.05, 0.1) is 5.56 Å². The fourth-order valence-electron chi connectivity index (χ4n) is 2.24. The van der Waals surface area contributed by atoms with E-state index in [4.69, 9.17) is 5.11 Å². The van der Waals surface area contributed by atoms with E-state index in [1.165, 1.54) is 0 Å². The van der Waals surface area contributed by atoms with Gasteiger partial charge in [-0.3, -0.25) is 9.78 Å². The first-order valence-electron chi connectivity index (χ1n) is 6.88. The lowest BCUT2D eigenvalue weighted by atomic mass is 9.91. The van der Waals surface area contributed by atoms with E-state index in [9.17, 15) is 18.0 Å². The Morgan fingerprint density at radius 1 is 1.38 bits per heavy atom. The normalized spacial score (nSPS) is 15.6. The van der Waals surface area contributed by atoms with Crippen LogP contribution in [0.3, 0.4) is 0 Å². The number of carbonyl (C=O) groups is 1. The van der Waals surface area contributed by atoms with Crippen LogP contribution in [0.2, 0.25) is 0 Å². The number of halogens is 3. The summed E-state index contributed by atoms with van der Waals surface area (Å²) >= 11 is 0. The van der Waals surface area contributed by atoms with Crippen LogP contribution in [0.15, 0.2) is 18.3 Å². The van der Waals surface area contributed by atoms with Crippen LogP contribution in [0, 0.1) is 0 Å². The first kappa shape index (κ1) is 15.8. The molecule has 0 radical (unpaired) electrons. The van der Waals surface area contributed by atoms with Crippen LogP contribution in [0.1, 0.15) is 41.7 Å². The highest BCUT2D eigenvalue weighted by Crippen LogP contribution is 2.29. The third kappa shape index (κ3) is 3.72. The Bertz CT molecular complexity index is 484. The molecule has 1 saturated carbocycles. The number of aliphatic hydroxyl groups is 1. The molecule has 0 saturated heterocycles. The molecule has 116 valence electrons. The summed E-state index contributed by atoms with van der Waals surface area (Å²) in [7, 11) is 0. The van der Waals surface area contributed by atoms with Gasteiger partial charge in [-0.25, -0.2) is 0 Å². The van der Waals surface area contributed by atoms with Crippen molar-refractivity contribution >= 4 is 5.91 Å². The van der Waals surface area contributed by atoms with Crippen molar-refractivity contribution in [3.05, 3.63) is 29.6 Å². The topological polar surface area (TPSA) is 53.4 Å². The van der Waals surface area contributed by atoms with Gasteiger partial charge in [0.15, 0.2) is 0 Å². The van der Waals surface area contributed by atoms with Crippen LogP contribution in [-0.4, -0.2) is 40.1 Å². The molecular weight excluding hydrogens is 285 g/mol. The number of alkyl halides is 3. The number of hydrogen-bond donors (Lipinski definition) is 1. The molecule has 1 amide bonds. The molecule has 0 atom stereocenters. The highest BCUT2D eigenvalue weighted by atomic mass is 19.4. The zero-order valence-electron chi connectivity index (χ0n) is 11.4. The number of aliphatic hydroxyl groups excluding tert-OH is 1. The molecule has 0 spiro atoms. The molecule has 1 aromatic heterocycles. The van der Waals surface area contributed by atoms with Crippen molar-refractivity contribution < 1.29 is 23.1 Å². The van der Waals surface area contributed by atoms with Gasteiger partial charge >= 0.3 is 6.18 Å². The first-order chi connectivity index (χ1) is 9.93. The molecule has 21 heavy (non-hydrogen) atoms. The molecule has 1 aliphatic rings. The summed E-state index contributed by atoms with van der Waals surface area (Å²) in [5.41, 5.74) is -0.863. The zero-order chi connectivity index (χ0) is 15.5. The van der Waals surface area contributed by atoms with Gasteiger partial charge in [0, 0.05) is 25.4 Å². The predicted octanol–water partition coefficient (Wildman–Crippen LogP) is 2.48. The van der Waals surface area contributed by atoms with Crippen molar-refractivity contribution in [1.82, 2.24) is 9.88 Å².